The summed E-state index contributed by atoms with van der Waals surface area (Å²) in [6.07, 6.45) is -5.85. The second-order valence-corrected chi connectivity index (χ2v) is 4.25. The van der Waals surface area contributed by atoms with E-state index in [0.717, 1.165) is 6.07 Å². The number of rotatable bonds is 4. The Morgan fingerprint density at radius 2 is 1.76 bits per heavy atom. The highest BCUT2D eigenvalue weighted by atomic mass is 35.5. The molecule has 0 aliphatic rings. The van der Waals surface area contributed by atoms with E-state index in [2.05, 4.69) is 0 Å². The summed E-state index contributed by atoms with van der Waals surface area (Å²) in [5.41, 5.74) is 4.11. The van der Waals surface area contributed by atoms with E-state index in [-0.39, 0.29) is 19.0 Å². The smallest absolute Gasteiger partial charge is 0.455 e. The molecule has 1 aromatic rings. The van der Waals surface area contributed by atoms with Gasteiger partial charge in [-0.05, 0) is 24.6 Å². The van der Waals surface area contributed by atoms with Gasteiger partial charge in [0.15, 0.2) is 11.6 Å². The number of hydrogen-bond acceptors (Lipinski definition) is 2. The predicted octanol–water partition coefficient (Wildman–Crippen LogP) is 4.50. The molecule has 0 saturated heterocycles. The third kappa shape index (κ3) is 4.08. The summed E-state index contributed by atoms with van der Waals surface area (Å²) in [5.74, 6) is -6.81. The van der Waals surface area contributed by atoms with Gasteiger partial charge in [0.25, 0.3) is 0 Å². The van der Waals surface area contributed by atoms with E-state index in [1.165, 1.54) is 6.92 Å². The Morgan fingerprint density at radius 1 is 1.24 bits per heavy atom. The fourth-order valence-corrected chi connectivity index (χ4v) is 1.70. The Morgan fingerprint density at radius 3 is 2.14 bits per heavy atom. The van der Waals surface area contributed by atoms with E-state index in [4.69, 9.17) is 22.1 Å². The van der Waals surface area contributed by atoms with Gasteiger partial charge >= 0.3 is 12.1 Å². The number of alkyl halides is 5. The largest absolute Gasteiger partial charge is 0.489 e. The molecule has 1 rings (SSSR count). The summed E-state index contributed by atoms with van der Waals surface area (Å²) in [6, 6.07) is -1.61. The summed E-state index contributed by atoms with van der Waals surface area (Å²) in [7, 11) is 0. The van der Waals surface area contributed by atoms with Gasteiger partial charge in [0.05, 0.1) is 11.6 Å². The van der Waals surface area contributed by atoms with Crippen LogP contribution in [0, 0.1) is 5.82 Å². The fourth-order valence-electron chi connectivity index (χ4n) is 1.43. The molecule has 1 atom stereocenters. The van der Waals surface area contributed by atoms with Crippen LogP contribution >= 0.6 is 24.0 Å². The molecule has 0 fully saturated rings. The Balaban J connectivity index is 0.00000400. The molecule has 0 spiro atoms. The van der Waals surface area contributed by atoms with Crippen molar-refractivity contribution in [3.63, 3.8) is 0 Å². The lowest BCUT2D eigenvalue weighted by molar-refractivity contribution is -0.291. The number of hydrogen-bond donors (Lipinski definition) is 1. The van der Waals surface area contributed by atoms with Crippen molar-refractivity contribution in [2.45, 2.75) is 25.1 Å². The maximum atomic E-state index is 13.6. The number of halogens is 8. The minimum absolute atomic E-state index is 0. The highest BCUT2D eigenvalue weighted by Gasteiger charge is 2.61. The van der Waals surface area contributed by atoms with E-state index in [1.807, 2.05) is 0 Å². The van der Waals surface area contributed by atoms with Crippen molar-refractivity contribution >= 4 is 24.0 Å². The van der Waals surface area contributed by atoms with E-state index < -0.39 is 40.3 Å². The summed E-state index contributed by atoms with van der Waals surface area (Å²) in [6.45, 7) is 1.56. The maximum Gasteiger partial charge on any atom is 0.455 e. The second kappa shape index (κ2) is 6.93. The van der Waals surface area contributed by atoms with Crippen molar-refractivity contribution in [2.75, 3.05) is 6.61 Å². The van der Waals surface area contributed by atoms with Gasteiger partial charge in [-0.2, -0.15) is 22.0 Å². The van der Waals surface area contributed by atoms with Crippen molar-refractivity contribution in [1.82, 2.24) is 0 Å². The van der Waals surface area contributed by atoms with Crippen LogP contribution in [0.5, 0.6) is 5.75 Å². The average Bonchev–Trinajstić information content (AvgIpc) is 2.31. The molecular weight excluding hydrogens is 347 g/mol. The lowest BCUT2D eigenvalue weighted by Gasteiger charge is -2.26. The molecule has 0 aliphatic heterocycles. The van der Waals surface area contributed by atoms with Crippen molar-refractivity contribution in [2.24, 2.45) is 5.73 Å². The third-order valence-electron chi connectivity index (χ3n) is 2.44. The summed E-state index contributed by atoms with van der Waals surface area (Å²) in [5, 5.41) is -0.435. The summed E-state index contributed by atoms with van der Waals surface area (Å²) < 4.78 is 81.1. The number of benzene rings is 1. The maximum absolute atomic E-state index is 13.6. The zero-order valence-corrected chi connectivity index (χ0v) is 12.1. The highest BCUT2D eigenvalue weighted by Crippen LogP contribution is 2.44. The molecule has 0 aliphatic carbocycles. The van der Waals surface area contributed by atoms with E-state index in [0.29, 0.717) is 6.07 Å². The molecule has 2 N–H and O–H groups in total. The van der Waals surface area contributed by atoms with E-state index in [9.17, 15) is 26.3 Å². The van der Waals surface area contributed by atoms with Gasteiger partial charge in [-0.25, -0.2) is 4.39 Å². The molecular formula is C11H11Cl2F6NO. The molecule has 2 nitrogen and oxygen atoms in total. The van der Waals surface area contributed by atoms with Crippen LogP contribution in [0.1, 0.15) is 18.5 Å². The molecule has 1 aromatic carbocycles. The molecule has 0 radical (unpaired) electrons. The minimum atomic E-state index is -5.85. The first-order chi connectivity index (χ1) is 9.02. The monoisotopic (exact) mass is 357 g/mol. The van der Waals surface area contributed by atoms with Crippen LogP contribution in [-0.2, 0) is 0 Å². The quantitative estimate of drug-likeness (QED) is 0.805. The van der Waals surface area contributed by atoms with Crippen LogP contribution in [0.15, 0.2) is 12.1 Å². The molecule has 0 amide bonds. The van der Waals surface area contributed by atoms with Crippen LogP contribution in [0.4, 0.5) is 26.3 Å². The lowest BCUT2D eigenvalue weighted by atomic mass is 10.0. The molecule has 0 bridgehead atoms. The van der Waals surface area contributed by atoms with Crippen LogP contribution in [-0.4, -0.2) is 18.7 Å². The number of nitrogens with two attached hydrogens (primary N) is 1. The number of ether oxygens (including phenoxy) is 1. The molecule has 10 heteroatoms. The third-order valence-corrected chi connectivity index (χ3v) is 2.72. The topological polar surface area (TPSA) is 35.2 Å². The van der Waals surface area contributed by atoms with Gasteiger partial charge in [-0.1, -0.05) is 11.6 Å². The molecule has 0 heterocycles. The predicted molar refractivity (Wildman–Crippen MR) is 67.8 cm³/mol. The molecule has 21 heavy (non-hydrogen) atoms. The van der Waals surface area contributed by atoms with Crippen LogP contribution in [0.2, 0.25) is 5.02 Å². The SMILES string of the molecule is CCOc1c(F)cc([C@@H](N)C(F)(F)C(F)(F)F)cc1Cl.Cl. The van der Waals surface area contributed by atoms with Crippen molar-refractivity contribution < 1.29 is 31.1 Å². The zero-order valence-electron chi connectivity index (χ0n) is 10.5. The van der Waals surface area contributed by atoms with Gasteiger partial charge in [0, 0.05) is 0 Å². The van der Waals surface area contributed by atoms with E-state index >= 15 is 0 Å². The highest BCUT2D eigenvalue weighted by molar-refractivity contribution is 6.32. The first-order valence-corrected chi connectivity index (χ1v) is 5.72. The second-order valence-electron chi connectivity index (χ2n) is 3.85. The van der Waals surface area contributed by atoms with Crippen molar-refractivity contribution in [3.05, 3.63) is 28.5 Å². The first kappa shape index (κ1) is 20.1. The summed E-state index contributed by atoms with van der Waals surface area (Å²) in [4.78, 5) is 0. The van der Waals surface area contributed by atoms with Crippen molar-refractivity contribution in [1.29, 1.82) is 0 Å². The van der Waals surface area contributed by atoms with Gasteiger partial charge in [-0.3, -0.25) is 0 Å². The molecule has 0 aromatic heterocycles. The Bertz CT molecular complexity index is 471. The lowest BCUT2D eigenvalue weighted by Crippen LogP contribution is -2.45. The Labute approximate surface area is 127 Å². The standard InChI is InChI=1S/C11H10ClF6NO.ClH/c1-2-20-8-6(12)3-5(4-7(8)13)9(19)10(14,15)11(16,17)18;/h3-4,9H,2,19H2,1H3;1H/t9-;/m1./s1. The molecule has 0 unspecified atom stereocenters. The zero-order chi connectivity index (χ0) is 15.7. The van der Waals surface area contributed by atoms with E-state index in [1.54, 1.807) is 0 Å². The van der Waals surface area contributed by atoms with Gasteiger partial charge in [0.2, 0.25) is 0 Å². The van der Waals surface area contributed by atoms with Crippen LogP contribution in [0.25, 0.3) is 0 Å². The van der Waals surface area contributed by atoms with Crippen LogP contribution in [0.3, 0.4) is 0 Å². The van der Waals surface area contributed by atoms with Crippen LogP contribution < -0.4 is 10.5 Å². The summed E-state index contributed by atoms with van der Waals surface area (Å²) >= 11 is 5.58. The fraction of sp³-hybridized carbons (Fsp3) is 0.455. The normalized spacial score (nSPS) is 13.6. The van der Waals surface area contributed by atoms with Crippen molar-refractivity contribution in [3.8, 4) is 5.75 Å². The molecule has 0 saturated carbocycles. The Kier molecular flexibility index (Phi) is 6.65. The minimum Gasteiger partial charge on any atom is -0.489 e. The van der Waals surface area contributed by atoms with Gasteiger partial charge < -0.3 is 10.5 Å². The van der Waals surface area contributed by atoms with Gasteiger partial charge in [0.1, 0.15) is 6.04 Å². The van der Waals surface area contributed by atoms with Gasteiger partial charge in [-0.15, -0.1) is 12.4 Å². The average molecular weight is 358 g/mol. The first-order valence-electron chi connectivity index (χ1n) is 5.34. The Hall–Kier alpha value is -0.860. The molecule has 122 valence electrons.